The molecule has 4 heteroatoms. The standard InChI is InChI=1S/C16H17ClN2O/c1-10-4-3-5-12(8-10)11(2)19-16(20)13-6-7-15(18)14(17)9-13/h3-9,11H,18H2,1-2H3,(H,19,20)/t11-/m0/s1. The van der Waals surface area contributed by atoms with E-state index in [4.69, 9.17) is 17.3 Å². The predicted molar refractivity (Wildman–Crippen MR) is 82.9 cm³/mol. The molecular formula is C16H17ClN2O. The van der Waals surface area contributed by atoms with Gasteiger partial charge < -0.3 is 11.1 Å². The minimum Gasteiger partial charge on any atom is -0.398 e. The molecule has 104 valence electrons. The van der Waals surface area contributed by atoms with Crippen LogP contribution in [0.4, 0.5) is 5.69 Å². The molecule has 2 rings (SSSR count). The van der Waals surface area contributed by atoms with Gasteiger partial charge in [0.15, 0.2) is 0 Å². The number of nitrogens with one attached hydrogen (secondary N) is 1. The van der Waals surface area contributed by atoms with Crippen molar-refractivity contribution < 1.29 is 4.79 Å². The zero-order valence-electron chi connectivity index (χ0n) is 11.5. The summed E-state index contributed by atoms with van der Waals surface area (Å²) in [5.74, 6) is -0.166. The maximum absolute atomic E-state index is 12.2. The summed E-state index contributed by atoms with van der Waals surface area (Å²) >= 11 is 5.93. The summed E-state index contributed by atoms with van der Waals surface area (Å²) in [5.41, 5.74) is 8.84. The number of nitrogen functional groups attached to an aromatic ring is 1. The Bertz CT molecular complexity index is 640. The highest BCUT2D eigenvalue weighted by Gasteiger charge is 2.12. The van der Waals surface area contributed by atoms with E-state index >= 15 is 0 Å². The largest absolute Gasteiger partial charge is 0.398 e. The third kappa shape index (κ3) is 3.31. The Hall–Kier alpha value is -2.00. The first-order valence-corrected chi connectivity index (χ1v) is 6.77. The lowest BCUT2D eigenvalue weighted by Gasteiger charge is -2.15. The highest BCUT2D eigenvalue weighted by Crippen LogP contribution is 2.20. The molecule has 0 fully saturated rings. The molecule has 0 saturated heterocycles. The summed E-state index contributed by atoms with van der Waals surface area (Å²) in [7, 11) is 0. The van der Waals surface area contributed by atoms with Crippen LogP contribution in [0.25, 0.3) is 0 Å². The number of nitrogens with two attached hydrogens (primary N) is 1. The van der Waals surface area contributed by atoms with Crippen molar-refractivity contribution in [3.8, 4) is 0 Å². The van der Waals surface area contributed by atoms with E-state index in [0.717, 1.165) is 5.56 Å². The number of aryl methyl sites for hydroxylation is 1. The van der Waals surface area contributed by atoms with E-state index in [-0.39, 0.29) is 11.9 Å². The average Bonchev–Trinajstić information content (AvgIpc) is 2.41. The van der Waals surface area contributed by atoms with Crippen LogP contribution >= 0.6 is 11.6 Å². The molecule has 3 nitrogen and oxygen atoms in total. The second kappa shape index (κ2) is 5.97. The van der Waals surface area contributed by atoms with Crippen molar-refractivity contribution in [2.45, 2.75) is 19.9 Å². The Balaban J connectivity index is 2.13. The van der Waals surface area contributed by atoms with Crippen LogP contribution in [0.3, 0.4) is 0 Å². The number of benzene rings is 2. The van der Waals surface area contributed by atoms with E-state index in [1.165, 1.54) is 5.56 Å². The van der Waals surface area contributed by atoms with Gasteiger partial charge in [0, 0.05) is 5.56 Å². The van der Waals surface area contributed by atoms with Crippen molar-refractivity contribution in [1.82, 2.24) is 5.32 Å². The third-order valence-corrected chi connectivity index (χ3v) is 3.48. The first-order chi connectivity index (χ1) is 9.47. The molecule has 0 spiro atoms. The molecular weight excluding hydrogens is 272 g/mol. The Morgan fingerprint density at radius 3 is 2.65 bits per heavy atom. The molecule has 0 aliphatic carbocycles. The lowest BCUT2D eigenvalue weighted by molar-refractivity contribution is 0.0940. The zero-order valence-corrected chi connectivity index (χ0v) is 12.2. The van der Waals surface area contributed by atoms with E-state index in [2.05, 4.69) is 11.4 Å². The number of amides is 1. The van der Waals surface area contributed by atoms with Gasteiger partial charge in [0.25, 0.3) is 5.91 Å². The molecule has 3 N–H and O–H groups in total. The van der Waals surface area contributed by atoms with Gasteiger partial charge in [0.1, 0.15) is 0 Å². The van der Waals surface area contributed by atoms with Gasteiger partial charge in [-0.25, -0.2) is 0 Å². The van der Waals surface area contributed by atoms with Crippen LogP contribution in [-0.4, -0.2) is 5.91 Å². The molecule has 2 aromatic rings. The van der Waals surface area contributed by atoms with Crippen molar-refractivity contribution in [2.24, 2.45) is 0 Å². The third-order valence-electron chi connectivity index (χ3n) is 3.15. The molecule has 1 amide bonds. The summed E-state index contributed by atoms with van der Waals surface area (Å²) in [6.07, 6.45) is 0. The molecule has 0 aromatic heterocycles. The summed E-state index contributed by atoms with van der Waals surface area (Å²) in [6, 6.07) is 12.9. The van der Waals surface area contributed by atoms with Gasteiger partial charge in [0.2, 0.25) is 0 Å². The maximum atomic E-state index is 12.2. The first-order valence-electron chi connectivity index (χ1n) is 6.40. The van der Waals surface area contributed by atoms with Gasteiger partial charge >= 0.3 is 0 Å². The summed E-state index contributed by atoms with van der Waals surface area (Å²) < 4.78 is 0. The zero-order chi connectivity index (χ0) is 14.7. The summed E-state index contributed by atoms with van der Waals surface area (Å²) in [6.45, 7) is 3.98. The monoisotopic (exact) mass is 288 g/mol. The number of rotatable bonds is 3. The van der Waals surface area contributed by atoms with Crippen LogP contribution in [0.15, 0.2) is 42.5 Å². The molecule has 0 aliphatic rings. The van der Waals surface area contributed by atoms with Crippen LogP contribution in [0.5, 0.6) is 0 Å². The van der Waals surface area contributed by atoms with Crippen molar-refractivity contribution in [1.29, 1.82) is 0 Å². The second-order valence-corrected chi connectivity index (χ2v) is 5.25. The van der Waals surface area contributed by atoms with Gasteiger partial charge in [0.05, 0.1) is 16.8 Å². The Labute approximate surface area is 123 Å². The quantitative estimate of drug-likeness (QED) is 0.846. The van der Waals surface area contributed by atoms with Gasteiger partial charge in [-0.05, 0) is 37.6 Å². The topological polar surface area (TPSA) is 55.1 Å². The van der Waals surface area contributed by atoms with Crippen molar-refractivity contribution in [2.75, 3.05) is 5.73 Å². The van der Waals surface area contributed by atoms with E-state index in [9.17, 15) is 4.79 Å². The van der Waals surface area contributed by atoms with Gasteiger partial charge in [-0.15, -0.1) is 0 Å². The Morgan fingerprint density at radius 2 is 2.00 bits per heavy atom. The van der Waals surface area contributed by atoms with E-state index < -0.39 is 0 Å². The number of hydrogen-bond donors (Lipinski definition) is 2. The minimum absolute atomic E-state index is 0.0706. The first kappa shape index (κ1) is 14.4. The number of hydrogen-bond acceptors (Lipinski definition) is 2. The van der Waals surface area contributed by atoms with E-state index in [0.29, 0.717) is 16.3 Å². The summed E-state index contributed by atoms with van der Waals surface area (Å²) in [5, 5.41) is 3.34. The molecule has 1 atom stereocenters. The predicted octanol–water partition coefficient (Wildman–Crippen LogP) is 3.72. The Kier molecular flexibility index (Phi) is 4.30. The average molecular weight is 289 g/mol. The number of carbonyl (C=O) groups is 1. The molecule has 20 heavy (non-hydrogen) atoms. The fourth-order valence-electron chi connectivity index (χ4n) is 1.97. The van der Waals surface area contributed by atoms with Crippen molar-refractivity contribution in [3.63, 3.8) is 0 Å². The fourth-order valence-corrected chi connectivity index (χ4v) is 2.15. The van der Waals surface area contributed by atoms with E-state index in [1.54, 1.807) is 18.2 Å². The smallest absolute Gasteiger partial charge is 0.251 e. The maximum Gasteiger partial charge on any atom is 0.251 e. The van der Waals surface area contributed by atoms with Gasteiger partial charge in [-0.1, -0.05) is 41.4 Å². The van der Waals surface area contributed by atoms with Crippen LogP contribution in [-0.2, 0) is 0 Å². The van der Waals surface area contributed by atoms with Crippen LogP contribution in [0, 0.1) is 6.92 Å². The summed E-state index contributed by atoms with van der Waals surface area (Å²) in [4.78, 5) is 12.2. The molecule has 0 bridgehead atoms. The molecule has 2 aromatic carbocycles. The normalized spacial score (nSPS) is 11.9. The van der Waals surface area contributed by atoms with Crippen LogP contribution in [0.1, 0.15) is 34.5 Å². The number of carbonyl (C=O) groups excluding carboxylic acids is 1. The van der Waals surface area contributed by atoms with Crippen LogP contribution < -0.4 is 11.1 Å². The van der Waals surface area contributed by atoms with Crippen molar-refractivity contribution >= 4 is 23.2 Å². The van der Waals surface area contributed by atoms with Gasteiger partial charge in [-0.3, -0.25) is 4.79 Å². The number of anilines is 1. The lowest BCUT2D eigenvalue weighted by Crippen LogP contribution is -2.26. The molecule has 0 unspecified atom stereocenters. The van der Waals surface area contributed by atoms with Crippen LogP contribution in [0.2, 0.25) is 5.02 Å². The highest BCUT2D eigenvalue weighted by atomic mass is 35.5. The highest BCUT2D eigenvalue weighted by molar-refractivity contribution is 6.33. The molecule has 0 aliphatic heterocycles. The van der Waals surface area contributed by atoms with Gasteiger partial charge in [-0.2, -0.15) is 0 Å². The minimum atomic E-state index is -0.166. The second-order valence-electron chi connectivity index (χ2n) is 4.85. The van der Waals surface area contributed by atoms with Crippen molar-refractivity contribution in [3.05, 3.63) is 64.2 Å². The molecule has 0 heterocycles. The fraction of sp³-hybridized carbons (Fsp3) is 0.188. The lowest BCUT2D eigenvalue weighted by atomic mass is 10.1. The molecule has 0 saturated carbocycles. The number of halogens is 1. The Morgan fingerprint density at radius 1 is 1.25 bits per heavy atom. The van der Waals surface area contributed by atoms with E-state index in [1.807, 2.05) is 32.0 Å². The SMILES string of the molecule is Cc1cccc([C@H](C)NC(=O)c2ccc(N)c(Cl)c2)c1. The molecule has 0 radical (unpaired) electrons.